The Balaban J connectivity index is 1.84. The molecule has 0 saturated carbocycles. The van der Waals surface area contributed by atoms with E-state index < -0.39 is 41.0 Å². The van der Waals surface area contributed by atoms with Gasteiger partial charge >= 0.3 is 6.18 Å². The van der Waals surface area contributed by atoms with E-state index in [1.165, 1.54) is 42.7 Å². The van der Waals surface area contributed by atoms with E-state index in [9.17, 15) is 32.0 Å². The van der Waals surface area contributed by atoms with Crippen LogP contribution in [-0.4, -0.2) is 14.5 Å². The lowest BCUT2D eigenvalue weighted by molar-refractivity contribution is -0.137. The zero-order chi connectivity index (χ0) is 26.7. The molecule has 0 aliphatic carbocycles. The van der Waals surface area contributed by atoms with Crippen LogP contribution in [0.15, 0.2) is 65.7 Å². The van der Waals surface area contributed by atoms with Crippen LogP contribution in [0.3, 0.4) is 0 Å². The number of ether oxygens (including phenoxy) is 1. The number of hydrogen-bond donors (Lipinski definition) is 0. The normalized spacial score (nSPS) is 11.0. The van der Waals surface area contributed by atoms with Gasteiger partial charge in [0.2, 0.25) is 5.69 Å². The molecular weight excluding hydrogens is 497 g/mol. The molecule has 0 aliphatic rings. The van der Waals surface area contributed by atoms with Gasteiger partial charge in [0.05, 0.1) is 17.8 Å². The predicted molar refractivity (Wildman–Crippen MR) is 118 cm³/mol. The lowest BCUT2D eigenvalue weighted by Crippen LogP contribution is -2.29. The van der Waals surface area contributed by atoms with Gasteiger partial charge in [-0.3, -0.25) is 4.79 Å². The van der Waals surface area contributed by atoms with Crippen molar-refractivity contribution in [2.45, 2.75) is 12.7 Å². The number of rotatable bonds is 5. The molecule has 2 aromatic carbocycles. The highest BCUT2D eigenvalue weighted by Gasteiger charge is 2.36. The Morgan fingerprint density at radius 3 is 2.27 bits per heavy atom. The second-order valence-corrected chi connectivity index (χ2v) is 7.50. The van der Waals surface area contributed by atoms with Gasteiger partial charge in [-0.15, -0.1) is 0 Å². The van der Waals surface area contributed by atoms with Gasteiger partial charge in [0, 0.05) is 24.0 Å². The Hall–Kier alpha value is -5.10. The molecule has 7 nitrogen and oxygen atoms in total. The first-order valence-corrected chi connectivity index (χ1v) is 10.3. The molecule has 37 heavy (non-hydrogen) atoms. The fourth-order valence-corrected chi connectivity index (χ4v) is 3.48. The predicted octanol–water partition coefficient (Wildman–Crippen LogP) is 5.19. The smallest absolute Gasteiger partial charge is 0.417 e. The van der Waals surface area contributed by atoms with Gasteiger partial charge in [-0.1, -0.05) is 6.07 Å². The summed E-state index contributed by atoms with van der Waals surface area (Å²) in [5.74, 6) is -1.84. The van der Waals surface area contributed by atoms with Crippen molar-refractivity contribution in [3.8, 4) is 35.0 Å². The first-order valence-electron chi connectivity index (χ1n) is 10.3. The highest BCUT2D eigenvalue weighted by atomic mass is 19.4. The summed E-state index contributed by atoms with van der Waals surface area (Å²) in [7, 11) is 0. The van der Waals surface area contributed by atoms with Crippen molar-refractivity contribution >= 4 is 0 Å². The fraction of sp³-hybridized carbons (Fsp3) is 0.0800. The highest BCUT2D eigenvalue weighted by molar-refractivity contribution is 5.63. The summed E-state index contributed by atoms with van der Waals surface area (Å²) < 4.78 is 75.1. The van der Waals surface area contributed by atoms with Crippen LogP contribution in [0.1, 0.15) is 22.4 Å². The molecule has 0 fully saturated rings. The largest absolute Gasteiger partial charge is 0.437 e. The van der Waals surface area contributed by atoms with Crippen LogP contribution in [0.25, 0.3) is 11.3 Å². The zero-order valence-electron chi connectivity index (χ0n) is 18.4. The van der Waals surface area contributed by atoms with Gasteiger partial charge in [-0.2, -0.15) is 23.7 Å². The van der Waals surface area contributed by atoms with E-state index in [4.69, 9.17) is 10.00 Å². The average Bonchev–Trinajstić information content (AvgIpc) is 2.86. The van der Waals surface area contributed by atoms with Crippen LogP contribution in [0.5, 0.6) is 11.6 Å². The van der Waals surface area contributed by atoms with Crippen LogP contribution >= 0.6 is 0 Å². The molecule has 0 radical (unpaired) electrons. The number of alkyl halides is 3. The number of benzene rings is 2. The quantitative estimate of drug-likeness (QED) is 0.343. The van der Waals surface area contributed by atoms with E-state index in [0.29, 0.717) is 12.1 Å². The number of halogens is 5. The molecule has 4 aromatic rings. The van der Waals surface area contributed by atoms with Crippen LogP contribution in [0, 0.1) is 34.3 Å². The van der Waals surface area contributed by atoms with Crippen molar-refractivity contribution < 1.29 is 26.7 Å². The number of nitriles is 2. The summed E-state index contributed by atoms with van der Waals surface area (Å²) in [6.07, 6.45) is -2.43. The van der Waals surface area contributed by atoms with Gasteiger partial charge in [0.15, 0.2) is 0 Å². The second kappa shape index (κ2) is 9.87. The lowest BCUT2D eigenvalue weighted by Gasteiger charge is -2.18. The van der Waals surface area contributed by atoms with E-state index in [1.54, 1.807) is 6.07 Å². The molecule has 12 heteroatoms. The van der Waals surface area contributed by atoms with E-state index in [0.717, 1.165) is 16.7 Å². The Bertz CT molecular complexity index is 1630. The Morgan fingerprint density at radius 1 is 0.946 bits per heavy atom. The summed E-state index contributed by atoms with van der Waals surface area (Å²) in [6.45, 7) is -0.573. The van der Waals surface area contributed by atoms with Gasteiger partial charge in [-0.05, 0) is 42.0 Å². The molecule has 184 valence electrons. The second-order valence-electron chi connectivity index (χ2n) is 7.50. The minimum atomic E-state index is -5.03. The fourth-order valence-electron chi connectivity index (χ4n) is 3.48. The van der Waals surface area contributed by atoms with E-state index in [2.05, 4.69) is 9.97 Å². The summed E-state index contributed by atoms with van der Waals surface area (Å²) in [5, 5.41) is 18.4. The van der Waals surface area contributed by atoms with Crippen molar-refractivity contribution in [2.75, 3.05) is 0 Å². The van der Waals surface area contributed by atoms with Gasteiger partial charge in [0.1, 0.15) is 35.1 Å². The standard InChI is InChI=1S/C25H12F5N5O2/c26-16-4-1-15(20(27)9-16)13-35-22(10-19(25(28,29)30)18(11-31)24(35)36)14-2-5-17(6-3-14)37-23-21(12-32)33-7-8-34-23/h1-10H,13H2. The van der Waals surface area contributed by atoms with Crippen molar-refractivity contribution in [3.05, 3.63) is 105 Å². The lowest BCUT2D eigenvalue weighted by atomic mass is 10.0. The summed E-state index contributed by atoms with van der Waals surface area (Å²) in [5.41, 5.74) is -4.36. The van der Waals surface area contributed by atoms with Crippen molar-refractivity contribution in [1.29, 1.82) is 10.5 Å². The monoisotopic (exact) mass is 509 g/mol. The van der Waals surface area contributed by atoms with Gasteiger partial charge in [-0.25, -0.2) is 18.7 Å². The molecule has 0 atom stereocenters. The maximum absolute atomic E-state index is 14.3. The molecule has 0 aliphatic heterocycles. The molecule has 0 N–H and O–H groups in total. The van der Waals surface area contributed by atoms with E-state index in [1.807, 2.05) is 0 Å². The Kier molecular flexibility index (Phi) is 6.67. The maximum atomic E-state index is 14.3. The summed E-state index contributed by atoms with van der Waals surface area (Å²) in [6, 6.07) is 11.6. The van der Waals surface area contributed by atoms with E-state index in [-0.39, 0.29) is 34.1 Å². The molecule has 2 aromatic heterocycles. The molecule has 0 spiro atoms. The van der Waals surface area contributed by atoms with Crippen LogP contribution in [-0.2, 0) is 12.7 Å². The maximum Gasteiger partial charge on any atom is 0.417 e. The SMILES string of the molecule is N#Cc1nccnc1Oc1ccc(-c2cc(C(F)(F)F)c(C#N)c(=O)n2Cc2ccc(F)cc2F)cc1. The zero-order valence-corrected chi connectivity index (χ0v) is 18.4. The Morgan fingerprint density at radius 2 is 1.65 bits per heavy atom. The molecule has 0 saturated heterocycles. The van der Waals surface area contributed by atoms with Gasteiger partial charge in [0.25, 0.3) is 11.4 Å². The first-order chi connectivity index (χ1) is 17.6. The van der Waals surface area contributed by atoms with Crippen LogP contribution in [0.2, 0.25) is 0 Å². The van der Waals surface area contributed by atoms with Crippen molar-refractivity contribution in [2.24, 2.45) is 0 Å². The minimum Gasteiger partial charge on any atom is -0.437 e. The first kappa shape index (κ1) is 25.0. The van der Waals surface area contributed by atoms with Gasteiger partial charge < -0.3 is 9.30 Å². The van der Waals surface area contributed by atoms with E-state index >= 15 is 0 Å². The minimum absolute atomic E-state index is 0.0938. The topological polar surface area (TPSA) is 105 Å². The third-order valence-corrected chi connectivity index (χ3v) is 5.20. The number of hydrogen-bond acceptors (Lipinski definition) is 6. The third kappa shape index (κ3) is 5.13. The molecule has 0 bridgehead atoms. The number of pyridine rings is 1. The van der Waals surface area contributed by atoms with Crippen molar-refractivity contribution in [1.82, 2.24) is 14.5 Å². The third-order valence-electron chi connectivity index (χ3n) is 5.20. The summed E-state index contributed by atoms with van der Waals surface area (Å²) >= 11 is 0. The highest BCUT2D eigenvalue weighted by Crippen LogP contribution is 2.34. The summed E-state index contributed by atoms with van der Waals surface area (Å²) in [4.78, 5) is 20.7. The average molecular weight is 509 g/mol. The number of nitrogens with zero attached hydrogens (tertiary/aromatic N) is 5. The van der Waals surface area contributed by atoms with Crippen LogP contribution < -0.4 is 10.3 Å². The molecule has 0 unspecified atom stereocenters. The molecule has 0 amide bonds. The van der Waals surface area contributed by atoms with Crippen LogP contribution in [0.4, 0.5) is 22.0 Å². The molecular formula is C25H12F5N5O2. The molecule has 2 heterocycles. The molecule has 4 rings (SSSR count). The van der Waals surface area contributed by atoms with Crippen molar-refractivity contribution in [3.63, 3.8) is 0 Å². The Labute approximate surface area is 205 Å². The number of aromatic nitrogens is 3.